The third-order valence-electron chi connectivity index (χ3n) is 8.21. The molecule has 4 heterocycles. The van der Waals surface area contributed by atoms with Crippen LogP contribution in [0.25, 0.3) is 0 Å². The van der Waals surface area contributed by atoms with Crippen LogP contribution in [-0.4, -0.2) is 68.3 Å². The molecule has 4 aliphatic heterocycles. The van der Waals surface area contributed by atoms with E-state index in [2.05, 4.69) is 23.0 Å². The van der Waals surface area contributed by atoms with E-state index in [1.165, 1.54) is 12.8 Å². The lowest BCUT2D eigenvalue weighted by Gasteiger charge is -2.38. The highest BCUT2D eigenvalue weighted by Gasteiger charge is 2.44. The average molecular weight is 425 g/mol. The Kier molecular flexibility index (Phi) is 6.05. The fourth-order valence-electron chi connectivity index (χ4n) is 5.71. The van der Waals surface area contributed by atoms with E-state index in [-0.39, 0.29) is 29.8 Å². The average Bonchev–Trinajstić information content (AvgIpc) is 3.19. The first kappa shape index (κ1) is 21.1. The van der Waals surface area contributed by atoms with Crippen molar-refractivity contribution in [2.45, 2.75) is 76.5 Å². The molecule has 0 bridgehead atoms. The van der Waals surface area contributed by atoms with Crippen LogP contribution in [0.1, 0.15) is 51.9 Å². The number of nitrogens with one attached hydrogen (secondary N) is 3. The fourth-order valence-corrected chi connectivity index (χ4v) is 5.71. The van der Waals surface area contributed by atoms with Crippen molar-refractivity contribution >= 4 is 5.91 Å². The van der Waals surface area contributed by atoms with Gasteiger partial charge in [0, 0.05) is 51.2 Å². The van der Waals surface area contributed by atoms with Gasteiger partial charge in [0.15, 0.2) is 0 Å². The summed E-state index contributed by atoms with van der Waals surface area (Å²) in [5.74, 6) is 1.10. The van der Waals surface area contributed by atoms with Crippen LogP contribution in [0.5, 0.6) is 0 Å². The Labute approximate surface area is 178 Å². The first-order valence-corrected chi connectivity index (χ1v) is 11.9. The van der Waals surface area contributed by atoms with Gasteiger partial charge in [-0.1, -0.05) is 6.92 Å². The normalized spacial score (nSPS) is 41.9. The first-order chi connectivity index (χ1) is 14.5. The number of nitrogens with zero attached hydrogens (tertiary/aromatic N) is 1. The topological polar surface area (TPSA) is 74.9 Å². The molecule has 0 aromatic carbocycles. The maximum atomic E-state index is 14.5. The smallest absolute Gasteiger partial charge is 0.223 e. The monoisotopic (exact) mass is 424 g/mol. The molecule has 1 amide bonds. The van der Waals surface area contributed by atoms with Crippen molar-refractivity contribution < 1.29 is 18.8 Å². The van der Waals surface area contributed by atoms with Gasteiger partial charge in [0.2, 0.25) is 5.91 Å². The molecule has 1 aliphatic carbocycles. The van der Waals surface area contributed by atoms with Crippen LogP contribution in [0, 0.1) is 23.2 Å². The number of hydroxylamine groups is 1. The molecule has 0 aromatic heterocycles. The molecule has 5 rings (SSSR count). The second kappa shape index (κ2) is 8.62. The summed E-state index contributed by atoms with van der Waals surface area (Å²) in [5.41, 5.74) is 3.44. The zero-order valence-electron chi connectivity index (χ0n) is 18.1. The van der Waals surface area contributed by atoms with E-state index in [4.69, 9.17) is 9.57 Å². The number of rotatable bonds is 5. The highest BCUT2D eigenvalue weighted by Crippen LogP contribution is 2.48. The highest BCUT2D eigenvalue weighted by molar-refractivity contribution is 5.77. The maximum absolute atomic E-state index is 14.5. The molecule has 6 atom stereocenters. The number of carbonyl (C=O) groups is 1. The van der Waals surface area contributed by atoms with Crippen LogP contribution < -0.4 is 16.1 Å². The molecule has 3 N–H and O–H groups in total. The molecule has 4 saturated heterocycles. The molecule has 0 aromatic rings. The summed E-state index contributed by atoms with van der Waals surface area (Å²) in [6, 6.07) is 0.147. The lowest BCUT2D eigenvalue weighted by atomic mass is 9.79. The van der Waals surface area contributed by atoms with Gasteiger partial charge in [0.25, 0.3) is 0 Å². The van der Waals surface area contributed by atoms with Crippen molar-refractivity contribution in [2.75, 3.05) is 32.8 Å². The second-order valence-corrected chi connectivity index (χ2v) is 10.6. The third kappa shape index (κ3) is 4.53. The summed E-state index contributed by atoms with van der Waals surface area (Å²) in [5, 5.41) is 6.96. The maximum Gasteiger partial charge on any atom is 0.223 e. The predicted octanol–water partition coefficient (Wildman–Crippen LogP) is 1.54. The number of hydrogen-bond donors (Lipinski definition) is 3. The van der Waals surface area contributed by atoms with Gasteiger partial charge in [-0.25, -0.2) is 4.39 Å². The summed E-state index contributed by atoms with van der Waals surface area (Å²) >= 11 is 0. The predicted molar refractivity (Wildman–Crippen MR) is 110 cm³/mol. The number of likely N-dealkylation sites (tertiary alicyclic amines) is 1. The van der Waals surface area contributed by atoms with Crippen molar-refractivity contribution in [2.24, 2.45) is 23.2 Å². The SMILES string of the molecule is CC1(CC(=O)N2CCC(C3NC(C4CC(C5CCOC5)C(F)CN4)NO3)CC2)CC1. The van der Waals surface area contributed by atoms with Crippen LogP contribution in [0.3, 0.4) is 0 Å². The van der Waals surface area contributed by atoms with Crippen molar-refractivity contribution in [1.29, 1.82) is 0 Å². The van der Waals surface area contributed by atoms with E-state index >= 15 is 0 Å². The Morgan fingerprint density at radius 2 is 2.00 bits per heavy atom. The first-order valence-electron chi connectivity index (χ1n) is 11.9. The quantitative estimate of drug-likeness (QED) is 0.622. The van der Waals surface area contributed by atoms with E-state index in [0.717, 1.165) is 45.4 Å². The van der Waals surface area contributed by atoms with Crippen molar-refractivity contribution in [1.82, 2.24) is 21.0 Å². The molecule has 0 spiro atoms. The molecule has 7 nitrogen and oxygen atoms in total. The van der Waals surface area contributed by atoms with E-state index in [9.17, 15) is 9.18 Å². The van der Waals surface area contributed by atoms with Crippen LogP contribution >= 0.6 is 0 Å². The number of hydrogen-bond acceptors (Lipinski definition) is 6. The lowest BCUT2D eigenvalue weighted by molar-refractivity contribution is -0.134. The van der Waals surface area contributed by atoms with Crippen molar-refractivity contribution in [3.05, 3.63) is 0 Å². The van der Waals surface area contributed by atoms with Gasteiger partial charge < -0.3 is 15.0 Å². The minimum absolute atomic E-state index is 0.0122. The molecule has 170 valence electrons. The molecule has 5 fully saturated rings. The third-order valence-corrected chi connectivity index (χ3v) is 8.21. The van der Waals surface area contributed by atoms with E-state index < -0.39 is 6.17 Å². The molecular weight excluding hydrogens is 387 g/mol. The minimum atomic E-state index is -0.800. The number of amides is 1. The van der Waals surface area contributed by atoms with E-state index in [0.29, 0.717) is 37.3 Å². The Morgan fingerprint density at radius 1 is 1.20 bits per heavy atom. The Bertz CT molecular complexity index is 620. The number of halogens is 1. The van der Waals surface area contributed by atoms with Crippen LogP contribution in [-0.2, 0) is 14.4 Å². The van der Waals surface area contributed by atoms with Gasteiger partial charge in [-0.15, -0.1) is 0 Å². The Hall–Kier alpha value is -0.800. The Balaban J connectivity index is 1.09. The largest absolute Gasteiger partial charge is 0.381 e. The van der Waals surface area contributed by atoms with Crippen LogP contribution in [0.4, 0.5) is 4.39 Å². The minimum Gasteiger partial charge on any atom is -0.381 e. The number of piperidine rings is 2. The zero-order valence-corrected chi connectivity index (χ0v) is 18.1. The zero-order chi connectivity index (χ0) is 20.7. The van der Waals surface area contributed by atoms with Gasteiger partial charge >= 0.3 is 0 Å². The van der Waals surface area contributed by atoms with E-state index in [1.807, 2.05) is 4.90 Å². The van der Waals surface area contributed by atoms with Crippen molar-refractivity contribution in [3.63, 3.8) is 0 Å². The molecule has 6 unspecified atom stereocenters. The number of carbonyl (C=O) groups excluding carboxylic acids is 1. The number of alkyl halides is 1. The van der Waals surface area contributed by atoms with Gasteiger partial charge in [0.1, 0.15) is 12.4 Å². The van der Waals surface area contributed by atoms with Gasteiger partial charge in [0.05, 0.1) is 6.17 Å². The van der Waals surface area contributed by atoms with Gasteiger partial charge in [-0.3, -0.25) is 14.9 Å². The Morgan fingerprint density at radius 3 is 2.70 bits per heavy atom. The lowest BCUT2D eigenvalue weighted by Crippen LogP contribution is -2.58. The molecule has 0 radical (unpaired) electrons. The van der Waals surface area contributed by atoms with Crippen molar-refractivity contribution in [3.8, 4) is 0 Å². The highest BCUT2D eigenvalue weighted by atomic mass is 19.1. The molecular formula is C22H37FN4O3. The van der Waals surface area contributed by atoms with Crippen LogP contribution in [0.2, 0.25) is 0 Å². The van der Waals surface area contributed by atoms with Crippen LogP contribution in [0.15, 0.2) is 0 Å². The summed E-state index contributed by atoms with van der Waals surface area (Å²) in [4.78, 5) is 20.5. The molecule has 30 heavy (non-hydrogen) atoms. The second-order valence-electron chi connectivity index (χ2n) is 10.6. The summed E-state index contributed by atoms with van der Waals surface area (Å²) in [6.45, 7) is 5.71. The molecule has 5 aliphatic rings. The number of ether oxygens (including phenoxy) is 1. The summed E-state index contributed by atoms with van der Waals surface area (Å²) < 4.78 is 20.0. The molecule has 1 saturated carbocycles. The van der Waals surface area contributed by atoms with Gasteiger partial charge in [-0.2, -0.15) is 5.48 Å². The summed E-state index contributed by atoms with van der Waals surface area (Å²) in [7, 11) is 0. The standard InChI is InChI=1S/C22H37FN4O3/c1-22(5-6-22)11-19(28)27-7-2-14(3-8-27)21-25-20(26-30-21)18-10-16(17(23)12-24-18)15-4-9-29-13-15/h14-18,20-21,24-26H,2-13H2,1H3. The fraction of sp³-hybridized carbons (Fsp3) is 0.955. The molecule has 8 heteroatoms. The van der Waals surface area contributed by atoms with E-state index in [1.54, 1.807) is 0 Å². The van der Waals surface area contributed by atoms with Gasteiger partial charge in [-0.05, 0) is 55.8 Å². The summed E-state index contributed by atoms with van der Waals surface area (Å²) in [6.07, 6.45) is 5.90.